The minimum Gasteiger partial charge on any atom is -0.306 e. The molecule has 1 heterocycles. The molecule has 0 saturated heterocycles. The van der Waals surface area contributed by atoms with E-state index in [1.807, 2.05) is 12.4 Å². The summed E-state index contributed by atoms with van der Waals surface area (Å²) in [5.74, 6) is 0. The van der Waals surface area contributed by atoms with E-state index in [4.69, 9.17) is 0 Å². The van der Waals surface area contributed by atoms with E-state index in [0.717, 1.165) is 13.0 Å². The van der Waals surface area contributed by atoms with Gasteiger partial charge in [0.2, 0.25) is 0 Å². The molecule has 1 unspecified atom stereocenters. The molecular weight excluding hydrogens is 232 g/mol. The van der Waals surface area contributed by atoms with Crippen molar-refractivity contribution in [2.45, 2.75) is 33.2 Å². The van der Waals surface area contributed by atoms with Crippen molar-refractivity contribution in [3.05, 3.63) is 65.0 Å². The zero-order chi connectivity index (χ0) is 13.7. The van der Waals surface area contributed by atoms with Crippen molar-refractivity contribution in [1.82, 2.24) is 10.3 Å². The molecule has 1 atom stereocenters. The van der Waals surface area contributed by atoms with Crippen molar-refractivity contribution in [3.63, 3.8) is 0 Å². The number of pyridine rings is 1. The third-order valence-corrected chi connectivity index (χ3v) is 3.37. The topological polar surface area (TPSA) is 24.9 Å². The average Bonchev–Trinajstić information content (AvgIpc) is 2.42. The van der Waals surface area contributed by atoms with Crippen molar-refractivity contribution < 1.29 is 0 Å². The lowest BCUT2D eigenvalue weighted by atomic mass is 9.94. The van der Waals surface area contributed by atoms with Gasteiger partial charge in [-0.3, -0.25) is 4.98 Å². The van der Waals surface area contributed by atoms with E-state index in [9.17, 15) is 0 Å². The van der Waals surface area contributed by atoms with Gasteiger partial charge in [0.05, 0.1) is 6.04 Å². The third-order valence-electron chi connectivity index (χ3n) is 3.37. The van der Waals surface area contributed by atoms with E-state index in [1.54, 1.807) is 0 Å². The Morgan fingerprint density at radius 2 is 1.84 bits per heavy atom. The lowest BCUT2D eigenvalue weighted by Crippen LogP contribution is -2.24. The highest BCUT2D eigenvalue weighted by Crippen LogP contribution is 2.25. The van der Waals surface area contributed by atoms with Gasteiger partial charge >= 0.3 is 0 Å². The minimum atomic E-state index is 0.253. The number of benzene rings is 1. The van der Waals surface area contributed by atoms with Crippen LogP contribution in [0.1, 0.15) is 41.6 Å². The van der Waals surface area contributed by atoms with E-state index in [1.165, 1.54) is 22.3 Å². The molecule has 2 nitrogen and oxygen atoms in total. The Kier molecular flexibility index (Phi) is 4.69. The first-order valence-corrected chi connectivity index (χ1v) is 6.93. The van der Waals surface area contributed by atoms with Crippen LogP contribution in [0.25, 0.3) is 0 Å². The molecule has 100 valence electrons. The normalized spacial score (nSPS) is 12.4. The van der Waals surface area contributed by atoms with Crippen LogP contribution in [0.15, 0.2) is 42.7 Å². The molecule has 0 aliphatic heterocycles. The lowest BCUT2D eigenvalue weighted by molar-refractivity contribution is 0.595. The van der Waals surface area contributed by atoms with E-state index in [2.05, 4.69) is 61.4 Å². The number of nitrogens with zero attached hydrogens (tertiary/aromatic N) is 1. The first kappa shape index (κ1) is 13.8. The van der Waals surface area contributed by atoms with Gasteiger partial charge in [-0.05, 0) is 55.6 Å². The van der Waals surface area contributed by atoms with Crippen LogP contribution in [-0.2, 0) is 0 Å². The van der Waals surface area contributed by atoms with Gasteiger partial charge in [0, 0.05) is 12.4 Å². The molecule has 0 spiro atoms. The predicted molar refractivity (Wildman–Crippen MR) is 80.3 cm³/mol. The number of hydrogen-bond donors (Lipinski definition) is 1. The summed E-state index contributed by atoms with van der Waals surface area (Å²) in [6, 6.07) is 11.1. The summed E-state index contributed by atoms with van der Waals surface area (Å²) in [6.45, 7) is 7.53. The van der Waals surface area contributed by atoms with Crippen LogP contribution >= 0.6 is 0 Å². The van der Waals surface area contributed by atoms with E-state index < -0.39 is 0 Å². The highest BCUT2D eigenvalue weighted by atomic mass is 14.9. The average molecular weight is 254 g/mol. The van der Waals surface area contributed by atoms with Crippen molar-refractivity contribution in [3.8, 4) is 0 Å². The largest absolute Gasteiger partial charge is 0.306 e. The number of aryl methyl sites for hydroxylation is 2. The molecule has 0 saturated carbocycles. The lowest BCUT2D eigenvalue weighted by Gasteiger charge is -2.21. The second-order valence-electron chi connectivity index (χ2n) is 5.03. The standard InChI is InChI=1S/C17H22N2/c1-4-9-19-17(15-7-10-18-11-8-15)16-6-5-13(2)12-14(16)3/h5-8,10-12,17,19H,4,9H2,1-3H3. The Balaban J connectivity index is 2.37. The quantitative estimate of drug-likeness (QED) is 0.878. The Morgan fingerprint density at radius 3 is 2.47 bits per heavy atom. The number of nitrogens with one attached hydrogen (secondary N) is 1. The molecule has 0 amide bonds. The van der Waals surface area contributed by atoms with Crippen LogP contribution in [0, 0.1) is 13.8 Å². The molecule has 1 aromatic carbocycles. The maximum Gasteiger partial charge on any atom is 0.0580 e. The summed E-state index contributed by atoms with van der Waals surface area (Å²) in [5.41, 5.74) is 5.27. The van der Waals surface area contributed by atoms with Gasteiger partial charge in [0.15, 0.2) is 0 Å². The molecule has 0 radical (unpaired) electrons. The van der Waals surface area contributed by atoms with Gasteiger partial charge in [-0.15, -0.1) is 0 Å². The van der Waals surface area contributed by atoms with Gasteiger partial charge < -0.3 is 5.32 Å². The maximum atomic E-state index is 4.11. The van der Waals surface area contributed by atoms with Crippen LogP contribution in [0.4, 0.5) is 0 Å². The summed E-state index contributed by atoms with van der Waals surface area (Å²) in [4.78, 5) is 4.11. The molecular formula is C17H22N2. The second kappa shape index (κ2) is 6.48. The summed E-state index contributed by atoms with van der Waals surface area (Å²) < 4.78 is 0. The molecule has 1 aromatic heterocycles. The van der Waals surface area contributed by atoms with Gasteiger partial charge in [-0.25, -0.2) is 0 Å². The Hall–Kier alpha value is -1.67. The molecule has 1 N–H and O–H groups in total. The zero-order valence-electron chi connectivity index (χ0n) is 12.0. The van der Waals surface area contributed by atoms with Gasteiger partial charge in [0.1, 0.15) is 0 Å². The first-order chi connectivity index (χ1) is 9.22. The molecule has 2 aromatic rings. The molecule has 0 bridgehead atoms. The summed E-state index contributed by atoms with van der Waals surface area (Å²) in [5, 5.41) is 3.63. The van der Waals surface area contributed by atoms with Crippen LogP contribution in [-0.4, -0.2) is 11.5 Å². The van der Waals surface area contributed by atoms with Crippen LogP contribution in [0.2, 0.25) is 0 Å². The van der Waals surface area contributed by atoms with Crippen molar-refractivity contribution in [2.24, 2.45) is 0 Å². The molecule has 0 aliphatic carbocycles. The van der Waals surface area contributed by atoms with Crippen molar-refractivity contribution in [1.29, 1.82) is 0 Å². The highest BCUT2D eigenvalue weighted by molar-refractivity contribution is 5.38. The molecule has 2 heteroatoms. The monoisotopic (exact) mass is 254 g/mol. The summed E-state index contributed by atoms with van der Waals surface area (Å²) in [7, 11) is 0. The number of rotatable bonds is 5. The fourth-order valence-corrected chi connectivity index (χ4v) is 2.40. The van der Waals surface area contributed by atoms with Crippen LogP contribution in [0.5, 0.6) is 0 Å². The molecule has 2 rings (SSSR count). The van der Waals surface area contributed by atoms with Gasteiger partial charge in [0.25, 0.3) is 0 Å². The Bertz CT molecular complexity index is 520. The fraction of sp³-hybridized carbons (Fsp3) is 0.353. The van der Waals surface area contributed by atoms with E-state index in [-0.39, 0.29) is 6.04 Å². The second-order valence-corrected chi connectivity index (χ2v) is 5.03. The SMILES string of the molecule is CCCNC(c1ccncc1)c1ccc(C)cc1C. The van der Waals surface area contributed by atoms with Crippen molar-refractivity contribution in [2.75, 3.05) is 6.54 Å². The van der Waals surface area contributed by atoms with Gasteiger partial charge in [-0.1, -0.05) is 30.7 Å². The third kappa shape index (κ3) is 3.42. The summed E-state index contributed by atoms with van der Waals surface area (Å²) >= 11 is 0. The van der Waals surface area contributed by atoms with Crippen LogP contribution < -0.4 is 5.32 Å². The predicted octanol–water partition coefficient (Wildman–Crippen LogP) is 3.79. The summed E-state index contributed by atoms with van der Waals surface area (Å²) in [6.07, 6.45) is 4.85. The minimum absolute atomic E-state index is 0.253. The number of hydrogen-bond acceptors (Lipinski definition) is 2. The first-order valence-electron chi connectivity index (χ1n) is 6.93. The van der Waals surface area contributed by atoms with E-state index in [0.29, 0.717) is 0 Å². The molecule has 19 heavy (non-hydrogen) atoms. The Labute approximate surface area is 115 Å². The number of aromatic nitrogens is 1. The molecule has 0 aliphatic rings. The highest BCUT2D eigenvalue weighted by Gasteiger charge is 2.15. The maximum absolute atomic E-state index is 4.11. The van der Waals surface area contributed by atoms with Crippen LogP contribution in [0.3, 0.4) is 0 Å². The smallest absolute Gasteiger partial charge is 0.0580 e. The zero-order valence-corrected chi connectivity index (χ0v) is 12.0. The van der Waals surface area contributed by atoms with Gasteiger partial charge in [-0.2, -0.15) is 0 Å². The Morgan fingerprint density at radius 1 is 1.11 bits per heavy atom. The van der Waals surface area contributed by atoms with E-state index >= 15 is 0 Å². The fourth-order valence-electron chi connectivity index (χ4n) is 2.40. The molecule has 0 fully saturated rings. The van der Waals surface area contributed by atoms with Crippen molar-refractivity contribution >= 4 is 0 Å².